The van der Waals surface area contributed by atoms with Crippen LogP contribution in [0.1, 0.15) is 23.8 Å². The third-order valence-electron chi connectivity index (χ3n) is 3.49. The molecule has 1 fully saturated rings. The van der Waals surface area contributed by atoms with Gasteiger partial charge in [0.1, 0.15) is 0 Å². The SMILES string of the molecule is c1ccc([C@@H]2OCC[C@H]2NCc2ccccn2)cc1. The Morgan fingerprint density at radius 3 is 2.74 bits per heavy atom. The minimum atomic E-state index is 0.157. The van der Waals surface area contributed by atoms with Crippen LogP contribution in [0.4, 0.5) is 0 Å². The molecule has 0 bridgehead atoms. The minimum Gasteiger partial charge on any atom is -0.372 e. The van der Waals surface area contributed by atoms with E-state index in [4.69, 9.17) is 4.74 Å². The molecule has 98 valence electrons. The number of nitrogens with zero attached hydrogens (tertiary/aromatic N) is 1. The second kappa shape index (κ2) is 5.95. The zero-order valence-electron chi connectivity index (χ0n) is 10.8. The number of nitrogens with one attached hydrogen (secondary N) is 1. The second-order valence-electron chi connectivity index (χ2n) is 4.80. The first kappa shape index (κ1) is 12.3. The van der Waals surface area contributed by atoms with E-state index >= 15 is 0 Å². The number of rotatable bonds is 4. The molecular weight excluding hydrogens is 236 g/mol. The summed E-state index contributed by atoms with van der Waals surface area (Å²) in [5, 5.41) is 3.56. The Bertz CT molecular complexity index is 501. The molecule has 3 rings (SSSR count). The molecule has 2 atom stereocenters. The summed E-state index contributed by atoms with van der Waals surface area (Å²) in [5.41, 5.74) is 2.32. The van der Waals surface area contributed by atoms with Crippen molar-refractivity contribution in [2.75, 3.05) is 6.61 Å². The monoisotopic (exact) mass is 254 g/mol. The highest BCUT2D eigenvalue weighted by molar-refractivity contribution is 5.20. The van der Waals surface area contributed by atoms with Crippen LogP contribution >= 0.6 is 0 Å². The predicted molar refractivity (Wildman–Crippen MR) is 74.6 cm³/mol. The Morgan fingerprint density at radius 2 is 1.95 bits per heavy atom. The first-order chi connectivity index (χ1) is 9.43. The van der Waals surface area contributed by atoms with Crippen molar-refractivity contribution in [3.8, 4) is 0 Å². The van der Waals surface area contributed by atoms with Crippen LogP contribution in [-0.4, -0.2) is 17.6 Å². The van der Waals surface area contributed by atoms with Crippen LogP contribution < -0.4 is 5.32 Å². The van der Waals surface area contributed by atoms with E-state index in [1.54, 1.807) is 0 Å². The van der Waals surface area contributed by atoms with Gasteiger partial charge in [-0.1, -0.05) is 36.4 Å². The Balaban J connectivity index is 1.64. The second-order valence-corrected chi connectivity index (χ2v) is 4.80. The summed E-state index contributed by atoms with van der Waals surface area (Å²) < 4.78 is 5.86. The van der Waals surface area contributed by atoms with Crippen LogP contribution in [0, 0.1) is 0 Å². The van der Waals surface area contributed by atoms with Crippen LogP contribution in [-0.2, 0) is 11.3 Å². The van der Waals surface area contributed by atoms with Crippen molar-refractivity contribution in [1.29, 1.82) is 0 Å². The molecule has 1 aromatic heterocycles. The number of pyridine rings is 1. The smallest absolute Gasteiger partial charge is 0.0978 e. The van der Waals surface area contributed by atoms with Crippen LogP contribution in [0.15, 0.2) is 54.7 Å². The van der Waals surface area contributed by atoms with Gasteiger partial charge in [0.15, 0.2) is 0 Å². The molecule has 1 N–H and O–H groups in total. The maximum Gasteiger partial charge on any atom is 0.0978 e. The molecule has 0 radical (unpaired) electrons. The van der Waals surface area contributed by atoms with E-state index in [0.29, 0.717) is 6.04 Å². The maximum absolute atomic E-state index is 5.86. The zero-order valence-corrected chi connectivity index (χ0v) is 10.8. The third kappa shape index (κ3) is 3.00. The lowest BCUT2D eigenvalue weighted by Gasteiger charge is -2.20. The van der Waals surface area contributed by atoms with Gasteiger partial charge in [0.25, 0.3) is 0 Å². The lowest BCUT2D eigenvalue weighted by Crippen LogP contribution is -2.31. The topological polar surface area (TPSA) is 34.1 Å². The molecule has 0 saturated carbocycles. The fourth-order valence-electron chi connectivity index (χ4n) is 2.51. The average molecular weight is 254 g/mol. The molecule has 1 saturated heterocycles. The average Bonchev–Trinajstić information content (AvgIpc) is 2.95. The maximum atomic E-state index is 5.86. The molecule has 1 aliphatic rings. The van der Waals surface area contributed by atoms with E-state index in [0.717, 1.165) is 25.3 Å². The van der Waals surface area contributed by atoms with Gasteiger partial charge in [0.2, 0.25) is 0 Å². The van der Waals surface area contributed by atoms with Crippen molar-refractivity contribution in [3.05, 3.63) is 66.0 Å². The Morgan fingerprint density at radius 1 is 1.11 bits per heavy atom. The van der Waals surface area contributed by atoms with Crippen LogP contribution in [0.3, 0.4) is 0 Å². The van der Waals surface area contributed by atoms with Crippen molar-refractivity contribution in [3.63, 3.8) is 0 Å². The van der Waals surface area contributed by atoms with Gasteiger partial charge in [0.05, 0.1) is 11.8 Å². The minimum absolute atomic E-state index is 0.157. The highest BCUT2D eigenvalue weighted by Gasteiger charge is 2.28. The molecule has 2 heterocycles. The number of hydrogen-bond acceptors (Lipinski definition) is 3. The number of aromatic nitrogens is 1. The quantitative estimate of drug-likeness (QED) is 0.911. The highest BCUT2D eigenvalue weighted by atomic mass is 16.5. The van der Waals surface area contributed by atoms with E-state index < -0.39 is 0 Å². The molecule has 3 heteroatoms. The van der Waals surface area contributed by atoms with Gasteiger partial charge in [-0.2, -0.15) is 0 Å². The fourth-order valence-corrected chi connectivity index (χ4v) is 2.51. The van der Waals surface area contributed by atoms with Gasteiger partial charge in [0, 0.05) is 25.4 Å². The highest BCUT2D eigenvalue weighted by Crippen LogP contribution is 2.29. The van der Waals surface area contributed by atoms with E-state index in [9.17, 15) is 0 Å². The number of ether oxygens (including phenoxy) is 1. The Labute approximate surface area is 113 Å². The molecule has 2 aromatic rings. The summed E-state index contributed by atoms with van der Waals surface area (Å²) in [5.74, 6) is 0. The van der Waals surface area contributed by atoms with Crippen molar-refractivity contribution in [2.24, 2.45) is 0 Å². The molecule has 1 aliphatic heterocycles. The normalized spacial score (nSPS) is 22.5. The van der Waals surface area contributed by atoms with Crippen LogP contribution in [0.2, 0.25) is 0 Å². The Kier molecular flexibility index (Phi) is 3.86. The lowest BCUT2D eigenvalue weighted by molar-refractivity contribution is 0.0984. The van der Waals surface area contributed by atoms with Gasteiger partial charge in [-0.05, 0) is 24.1 Å². The van der Waals surface area contributed by atoms with Gasteiger partial charge in [-0.15, -0.1) is 0 Å². The van der Waals surface area contributed by atoms with E-state index in [1.165, 1.54) is 5.56 Å². The number of hydrogen-bond donors (Lipinski definition) is 1. The standard InChI is InChI=1S/C16H18N2O/c1-2-6-13(7-3-1)16-15(9-11-19-16)18-12-14-8-4-5-10-17-14/h1-8,10,15-16,18H,9,11-12H2/t15-,16+/m1/s1. The Hall–Kier alpha value is -1.71. The molecule has 0 unspecified atom stereocenters. The van der Waals surface area contributed by atoms with Gasteiger partial charge in [-0.3, -0.25) is 4.98 Å². The predicted octanol–water partition coefficient (Wildman–Crippen LogP) is 2.70. The largest absolute Gasteiger partial charge is 0.372 e. The van der Waals surface area contributed by atoms with Crippen molar-refractivity contribution in [1.82, 2.24) is 10.3 Å². The third-order valence-corrected chi connectivity index (χ3v) is 3.49. The molecule has 1 aromatic carbocycles. The van der Waals surface area contributed by atoms with Crippen molar-refractivity contribution < 1.29 is 4.74 Å². The molecule has 3 nitrogen and oxygen atoms in total. The molecule has 0 spiro atoms. The van der Waals surface area contributed by atoms with Gasteiger partial charge in [-0.25, -0.2) is 0 Å². The van der Waals surface area contributed by atoms with E-state index in [-0.39, 0.29) is 6.10 Å². The van der Waals surface area contributed by atoms with Gasteiger partial charge >= 0.3 is 0 Å². The van der Waals surface area contributed by atoms with E-state index in [2.05, 4.69) is 34.6 Å². The summed E-state index contributed by atoms with van der Waals surface area (Å²) in [6.45, 7) is 1.61. The number of benzene rings is 1. The molecule has 19 heavy (non-hydrogen) atoms. The van der Waals surface area contributed by atoms with Gasteiger partial charge < -0.3 is 10.1 Å². The summed E-state index contributed by atoms with van der Waals surface area (Å²) in [6.07, 6.45) is 3.04. The zero-order chi connectivity index (χ0) is 12.9. The molecule has 0 amide bonds. The molecule has 0 aliphatic carbocycles. The van der Waals surface area contributed by atoms with Crippen molar-refractivity contribution >= 4 is 0 Å². The first-order valence-corrected chi connectivity index (χ1v) is 6.73. The van der Waals surface area contributed by atoms with E-state index in [1.807, 2.05) is 30.5 Å². The fraction of sp³-hybridized carbons (Fsp3) is 0.312. The summed E-state index contributed by atoms with van der Waals surface area (Å²) in [4.78, 5) is 4.33. The first-order valence-electron chi connectivity index (χ1n) is 6.73. The summed E-state index contributed by atoms with van der Waals surface area (Å²) in [6, 6.07) is 16.8. The summed E-state index contributed by atoms with van der Waals surface area (Å²) >= 11 is 0. The summed E-state index contributed by atoms with van der Waals surface area (Å²) in [7, 11) is 0. The molecular formula is C16H18N2O. The van der Waals surface area contributed by atoms with Crippen LogP contribution in [0.25, 0.3) is 0 Å². The lowest BCUT2D eigenvalue weighted by atomic mass is 10.0. The van der Waals surface area contributed by atoms with Crippen LogP contribution in [0.5, 0.6) is 0 Å². The van der Waals surface area contributed by atoms with Crippen molar-refractivity contribution in [2.45, 2.75) is 25.1 Å².